The minimum atomic E-state index is -1.20. The van der Waals surface area contributed by atoms with E-state index >= 15 is 0 Å². The molecule has 0 unspecified atom stereocenters. The molecule has 0 aromatic heterocycles. The maximum Gasteiger partial charge on any atom is 0.337 e. The standard InChI is InChI=1S/C20H18ClNO6/c1-12(2)20(26)28-10-9-27-15-6-3-13(4-7-15)18(23)22-17-8-5-14(21)11-16(17)19(24)25/h3-8,11H,1,9-10H2,2H3,(H,22,23)(H,24,25). The minimum Gasteiger partial charge on any atom is -0.490 e. The molecule has 2 aromatic rings. The van der Waals surface area contributed by atoms with Crippen molar-refractivity contribution in [1.82, 2.24) is 0 Å². The number of nitrogens with one attached hydrogen (secondary N) is 1. The fourth-order valence-corrected chi connectivity index (χ4v) is 2.29. The van der Waals surface area contributed by atoms with E-state index in [2.05, 4.69) is 11.9 Å². The number of esters is 1. The van der Waals surface area contributed by atoms with Crippen LogP contribution in [0, 0.1) is 0 Å². The first-order valence-electron chi connectivity index (χ1n) is 8.17. The van der Waals surface area contributed by atoms with Gasteiger partial charge in [0.05, 0.1) is 11.3 Å². The zero-order valence-electron chi connectivity index (χ0n) is 15.0. The molecule has 0 spiro atoms. The van der Waals surface area contributed by atoms with E-state index in [0.29, 0.717) is 16.9 Å². The van der Waals surface area contributed by atoms with Crippen LogP contribution in [0.2, 0.25) is 5.02 Å². The number of rotatable bonds is 8. The van der Waals surface area contributed by atoms with E-state index in [0.717, 1.165) is 0 Å². The Morgan fingerprint density at radius 2 is 1.79 bits per heavy atom. The number of carbonyl (C=O) groups excluding carboxylic acids is 2. The predicted octanol–water partition coefficient (Wildman–Crippen LogP) is 3.79. The molecule has 2 aromatic carbocycles. The summed E-state index contributed by atoms with van der Waals surface area (Å²) in [4.78, 5) is 34.9. The highest BCUT2D eigenvalue weighted by Crippen LogP contribution is 2.22. The molecule has 2 rings (SSSR count). The number of carbonyl (C=O) groups is 3. The van der Waals surface area contributed by atoms with Crippen molar-refractivity contribution in [3.05, 3.63) is 70.8 Å². The van der Waals surface area contributed by atoms with E-state index < -0.39 is 17.8 Å². The number of benzene rings is 2. The molecule has 0 bridgehead atoms. The van der Waals surface area contributed by atoms with Crippen molar-refractivity contribution in [1.29, 1.82) is 0 Å². The Morgan fingerprint density at radius 1 is 1.11 bits per heavy atom. The van der Waals surface area contributed by atoms with Gasteiger partial charge in [-0.2, -0.15) is 0 Å². The lowest BCUT2D eigenvalue weighted by molar-refractivity contribution is -0.139. The van der Waals surface area contributed by atoms with E-state index in [4.69, 9.17) is 21.1 Å². The third-order valence-electron chi connectivity index (χ3n) is 3.51. The summed E-state index contributed by atoms with van der Waals surface area (Å²) in [6.45, 7) is 5.25. The van der Waals surface area contributed by atoms with Crippen molar-refractivity contribution in [2.24, 2.45) is 0 Å². The zero-order chi connectivity index (χ0) is 20.7. The number of carboxylic acid groups (broad SMARTS) is 1. The van der Waals surface area contributed by atoms with Crippen molar-refractivity contribution in [2.45, 2.75) is 6.92 Å². The lowest BCUT2D eigenvalue weighted by atomic mass is 10.1. The SMILES string of the molecule is C=C(C)C(=O)OCCOc1ccc(C(=O)Nc2ccc(Cl)cc2C(=O)O)cc1. The van der Waals surface area contributed by atoms with E-state index in [9.17, 15) is 19.5 Å². The Balaban J connectivity index is 1.94. The number of aromatic carboxylic acids is 1. The molecule has 1 amide bonds. The van der Waals surface area contributed by atoms with Gasteiger partial charge in [-0.1, -0.05) is 18.2 Å². The predicted molar refractivity (Wildman–Crippen MR) is 104 cm³/mol. The van der Waals surface area contributed by atoms with Gasteiger partial charge in [-0.05, 0) is 49.4 Å². The zero-order valence-corrected chi connectivity index (χ0v) is 15.8. The van der Waals surface area contributed by atoms with Crippen molar-refractivity contribution < 1.29 is 29.0 Å². The molecule has 0 heterocycles. The molecule has 7 nitrogen and oxygen atoms in total. The fourth-order valence-electron chi connectivity index (χ4n) is 2.12. The summed E-state index contributed by atoms with van der Waals surface area (Å²) in [5.41, 5.74) is 0.654. The summed E-state index contributed by atoms with van der Waals surface area (Å²) in [6.07, 6.45) is 0. The second-order valence-corrected chi connectivity index (χ2v) is 6.17. The summed E-state index contributed by atoms with van der Waals surface area (Å²) in [6, 6.07) is 10.4. The monoisotopic (exact) mass is 403 g/mol. The third-order valence-corrected chi connectivity index (χ3v) is 3.75. The van der Waals surface area contributed by atoms with Crippen molar-refractivity contribution in [3.63, 3.8) is 0 Å². The van der Waals surface area contributed by atoms with Crippen LogP contribution in [-0.2, 0) is 9.53 Å². The van der Waals surface area contributed by atoms with Crippen LogP contribution >= 0.6 is 11.6 Å². The molecule has 0 atom stereocenters. The van der Waals surface area contributed by atoms with Crippen LogP contribution in [0.1, 0.15) is 27.6 Å². The molecule has 0 saturated heterocycles. The number of hydrogen-bond donors (Lipinski definition) is 2. The van der Waals surface area contributed by atoms with Crippen molar-refractivity contribution >= 4 is 35.1 Å². The van der Waals surface area contributed by atoms with Gasteiger partial charge >= 0.3 is 11.9 Å². The van der Waals surface area contributed by atoms with Gasteiger partial charge in [-0.25, -0.2) is 9.59 Å². The molecule has 28 heavy (non-hydrogen) atoms. The third kappa shape index (κ3) is 5.85. The maximum absolute atomic E-state index is 12.3. The van der Waals surface area contributed by atoms with Crippen LogP contribution in [0.3, 0.4) is 0 Å². The second kappa shape index (κ2) is 9.57. The molecular formula is C20H18ClNO6. The highest BCUT2D eigenvalue weighted by Gasteiger charge is 2.14. The smallest absolute Gasteiger partial charge is 0.337 e. The largest absolute Gasteiger partial charge is 0.490 e. The number of anilines is 1. The van der Waals surface area contributed by atoms with Gasteiger partial charge in [0, 0.05) is 16.2 Å². The average Bonchev–Trinajstić information content (AvgIpc) is 2.66. The van der Waals surface area contributed by atoms with Gasteiger partial charge in [-0.15, -0.1) is 0 Å². The first kappa shape index (κ1) is 21.0. The number of halogens is 1. The van der Waals surface area contributed by atoms with E-state index in [1.807, 2.05) is 0 Å². The van der Waals surface area contributed by atoms with Crippen LogP contribution in [0.5, 0.6) is 5.75 Å². The average molecular weight is 404 g/mol. The molecule has 146 valence electrons. The maximum atomic E-state index is 12.3. The van der Waals surface area contributed by atoms with Gasteiger partial charge in [-0.3, -0.25) is 4.79 Å². The molecule has 8 heteroatoms. The van der Waals surface area contributed by atoms with Gasteiger partial charge in [0.25, 0.3) is 5.91 Å². The Labute approximate surface area is 166 Å². The van der Waals surface area contributed by atoms with Gasteiger partial charge in [0.1, 0.15) is 19.0 Å². The quantitative estimate of drug-likeness (QED) is 0.395. The van der Waals surface area contributed by atoms with E-state index in [1.165, 1.54) is 30.3 Å². The Morgan fingerprint density at radius 3 is 2.39 bits per heavy atom. The van der Waals surface area contributed by atoms with Crippen LogP contribution in [-0.4, -0.2) is 36.2 Å². The number of hydrogen-bond acceptors (Lipinski definition) is 5. The lowest BCUT2D eigenvalue weighted by Gasteiger charge is -2.10. The van der Waals surface area contributed by atoms with E-state index in [1.54, 1.807) is 19.1 Å². The Bertz CT molecular complexity index is 907. The number of ether oxygens (including phenoxy) is 2. The molecule has 0 radical (unpaired) electrons. The molecule has 0 aliphatic rings. The molecular weight excluding hydrogens is 386 g/mol. The molecule has 0 saturated carbocycles. The second-order valence-electron chi connectivity index (χ2n) is 5.74. The number of amides is 1. The van der Waals surface area contributed by atoms with Gasteiger partial charge in [0.15, 0.2) is 0 Å². The minimum absolute atomic E-state index is 0.0719. The molecule has 0 aliphatic carbocycles. The van der Waals surface area contributed by atoms with E-state index in [-0.39, 0.29) is 29.5 Å². The molecule has 0 aliphatic heterocycles. The number of carboxylic acids is 1. The van der Waals surface area contributed by atoms with Crippen LogP contribution in [0.4, 0.5) is 5.69 Å². The Kier molecular flexibility index (Phi) is 7.17. The van der Waals surface area contributed by atoms with Crippen LogP contribution in [0.25, 0.3) is 0 Å². The Hall–Kier alpha value is -3.32. The summed E-state index contributed by atoms with van der Waals surface area (Å²) in [5, 5.41) is 12.0. The summed E-state index contributed by atoms with van der Waals surface area (Å²) in [7, 11) is 0. The van der Waals surface area contributed by atoms with Crippen molar-refractivity contribution in [3.8, 4) is 5.75 Å². The van der Waals surface area contributed by atoms with Crippen LogP contribution in [0.15, 0.2) is 54.6 Å². The topological polar surface area (TPSA) is 102 Å². The molecule has 2 N–H and O–H groups in total. The fraction of sp³-hybridized carbons (Fsp3) is 0.150. The first-order chi connectivity index (χ1) is 13.3. The first-order valence-corrected chi connectivity index (χ1v) is 8.55. The highest BCUT2D eigenvalue weighted by molar-refractivity contribution is 6.31. The van der Waals surface area contributed by atoms with Crippen molar-refractivity contribution in [2.75, 3.05) is 18.5 Å². The summed E-state index contributed by atoms with van der Waals surface area (Å²) in [5.74, 6) is -1.68. The van der Waals surface area contributed by atoms with Gasteiger partial charge in [0.2, 0.25) is 0 Å². The summed E-state index contributed by atoms with van der Waals surface area (Å²) >= 11 is 5.79. The molecule has 0 fully saturated rings. The van der Waals surface area contributed by atoms with Gasteiger partial charge < -0.3 is 19.9 Å². The normalized spacial score (nSPS) is 10.1. The highest BCUT2D eigenvalue weighted by atomic mass is 35.5. The van der Waals surface area contributed by atoms with Crippen LogP contribution < -0.4 is 10.1 Å². The lowest BCUT2D eigenvalue weighted by Crippen LogP contribution is -2.15. The summed E-state index contributed by atoms with van der Waals surface area (Å²) < 4.78 is 10.3.